The number of hydrogen-bond acceptors (Lipinski definition) is 6. The van der Waals surface area contributed by atoms with Gasteiger partial charge in [-0.25, -0.2) is 4.79 Å². The number of thiophene rings is 1. The van der Waals surface area contributed by atoms with Crippen LogP contribution < -0.4 is 5.32 Å². The van der Waals surface area contributed by atoms with E-state index in [1.54, 1.807) is 6.92 Å². The summed E-state index contributed by atoms with van der Waals surface area (Å²) in [6, 6.07) is 7.82. The molecule has 1 fully saturated rings. The van der Waals surface area contributed by atoms with Gasteiger partial charge in [0.2, 0.25) is 0 Å². The molecule has 1 amide bonds. The van der Waals surface area contributed by atoms with Crippen molar-refractivity contribution < 1.29 is 23.9 Å². The minimum atomic E-state index is -0.494. The van der Waals surface area contributed by atoms with E-state index in [1.165, 1.54) is 11.3 Å². The van der Waals surface area contributed by atoms with Crippen molar-refractivity contribution in [1.29, 1.82) is 0 Å². The Bertz CT molecular complexity index is 931. The molecule has 2 atom stereocenters. The molecular formula is C22H25NO5S. The van der Waals surface area contributed by atoms with Crippen molar-refractivity contribution in [2.24, 2.45) is 11.8 Å². The SMILES string of the molecule is CCOC(=O)c1c(NC(=O)COC(=O)[C@@H]2C[C@@H]2C)sc(C)c1-c1ccc(C)cc1. The molecule has 1 heterocycles. The van der Waals surface area contributed by atoms with Crippen molar-refractivity contribution >= 4 is 34.2 Å². The first-order chi connectivity index (χ1) is 13.8. The van der Waals surface area contributed by atoms with Crippen LogP contribution in [0.15, 0.2) is 24.3 Å². The maximum absolute atomic E-state index is 12.7. The van der Waals surface area contributed by atoms with Crippen molar-refractivity contribution in [2.45, 2.75) is 34.1 Å². The van der Waals surface area contributed by atoms with Crippen molar-refractivity contribution in [2.75, 3.05) is 18.5 Å². The van der Waals surface area contributed by atoms with Crippen LogP contribution in [0.25, 0.3) is 11.1 Å². The van der Waals surface area contributed by atoms with Crippen LogP contribution in [-0.2, 0) is 19.1 Å². The lowest BCUT2D eigenvalue weighted by Gasteiger charge is -2.10. The first-order valence-electron chi connectivity index (χ1n) is 9.65. The van der Waals surface area contributed by atoms with Gasteiger partial charge in [0, 0.05) is 10.4 Å². The summed E-state index contributed by atoms with van der Waals surface area (Å²) in [6.45, 7) is 7.45. The molecule has 0 unspecified atom stereocenters. The number of ether oxygens (including phenoxy) is 2. The second-order valence-electron chi connectivity index (χ2n) is 7.30. The number of nitrogens with one attached hydrogen (secondary N) is 1. The first-order valence-corrected chi connectivity index (χ1v) is 10.5. The molecular weight excluding hydrogens is 390 g/mol. The smallest absolute Gasteiger partial charge is 0.341 e. The van der Waals surface area contributed by atoms with Crippen molar-refractivity contribution in [3.05, 3.63) is 40.3 Å². The molecule has 1 aromatic heterocycles. The lowest BCUT2D eigenvalue weighted by molar-refractivity contribution is -0.148. The van der Waals surface area contributed by atoms with E-state index < -0.39 is 11.9 Å². The number of carbonyl (C=O) groups is 3. The summed E-state index contributed by atoms with van der Waals surface area (Å²) < 4.78 is 10.3. The van der Waals surface area contributed by atoms with E-state index in [9.17, 15) is 14.4 Å². The fourth-order valence-corrected chi connectivity index (χ4v) is 4.24. The number of amides is 1. The Labute approximate surface area is 174 Å². The Morgan fingerprint density at radius 1 is 1.14 bits per heavy atom. The molecule has 0 aliphatic heterocycles. The molecule has 2 aromatic rings. The lowest BCUT2D eigenvalue weighted by atomic mass is 10.0. The zero-order valence-corrected chi connectivity index (χ0v) is 17.9. The van der Waals surface area contributed by atoms with Gasteiger partial charge in [-0.05, 0) is 38.7 Å². The molecule has 154 valence electrons. The van der Waals surface area contributed by atoms with Crippen LogP contribution in [0.4, 0.5) is 5.00 Å². The minimum absolute atomic E-state index is 0.102. The minimum Gasteiger partial charge on any atom is -0.462 e. The fourth-order valence-electron chi connectivity index (χ4n) is 3.16. The highest BCUT2D eigenvalue weighted by Crippen LogP contribution is 2.41. The van der Waals surface area contributed by atoms with Crippen molar-refractivity contribution in [1.82, 2.24) is 0 Å². The molecule has 3 rings (SSSR count). The van der Waals surface area contributed by atoms with Gasteiger partial charge in [-0.1, -0.05) is 36.8 Å². The Morgan fingerprint density at radius 3 is 2.38 bits per heavy atom. The van der Waals surface area contributed by atoms with Gasteiger partial charge in [-0.3, -0.25) is 9.59 Å². The summed E-state index contributed by atoms with van der Waals surface area (Å²) in [5, 5.41) is 3.12. The predicted molar refractivity (Wildman–Crippen MR) is 112 cm³/mol. The van der Waals surface area contributed by atoms with E-state index in [1.807, 2.05) is 45.0 Å². The monoisotopic (exact) mass is 415 g/mol. The Kier molecular flexibility index (Phi) is 6.37. The van der Waals surface area contributed by atoms with E-state index in [2.05, 4.69) is 5.32 Å². The Morgan fingerprint density at radius 2 is 1.79 bits per heavy atom. The molecule has 0 bridgehead atoms. The van der Waals surface area contributed by atoms with Gasteiger partial charge < -0.3 is 14.8 Å². The van der Waals surface area contributed by atoms with Crippen molar-refractivity contribution in [3.8, 4) is 11.1 Å². The number of carbonyl (C=O) groups excluding carboxylic acids is 3. The van der Waals surface area contributed by atoms with Gasteiger partial charge in [0.15, 0.2) is 6.61 Å². The number of esters is 2. The van der Waals surface area contributed by atoms with Gasteiger partial charge in [-0.15, -0.1) is 11.3 Å². The lowest BCUT2D eigenvalue weighted by Crippen LogP contribution is -2.22. The van der Waals surface area contributed by atoms with E-state index in [4.69, 9.17) is 9.47 Å². The van der Waals surface area contributed by atoms with Gasteiger partial charge in [-0.2, -0.15) is 0 Å². The molecule has 1 aliphatic rings. The van der Waals surface area contributed by atoms with Crippen LogP contribution in [-0.4, -0.2) is 31.1 Å². The predicted octanol–water partition coefficient (Wildman–Crippen LogP) is 4.35. The Hall–Kier alpha value is -2.67. The number of anilines is 1. The summed E-state index contributed by atoms with van der Waals surface area (Å²) in [5.41, 5.74) is 3.06. The molecule has 29 heavy (non-hydrogen) atoms. The average Bonchev–Trinajstić information content (AvgIpc) is 3.32. The summed E-state index contributed by atoms with van der Waals surface area (Å²) in [6.07, 6.45) is 0.803. The van der Waals surface area contributed by atoms with E-state index in [0.29, 0.717) is 16.5 Å². The standard InChI is InChI=1S/C22H25NO5S/c1-5-27-22(26)19-18(15-8-6-12(2)7-9-15)14(4)29-20(19)23-17(24)11-28-21(25)16-10-13(16)3/h6-9,13,16H,5,10-11H2,1-4H3,(H,23,24)/t13-,16+/m0/s1. The van der Waals surface area contributed by atoms with Gasteiger partial charge in [0.1, 0.15) is 10.6 Å². The molecule has 6 nitrogen and oxygen atoms in total. The molecule has 0 radical (unpaired) electrons. The number of aryl methyl sites for hydroxylation is 2. The topological polar surface area (TPSA) is 81.7 Å². The number of benzene rings is 1. The second kappa shape index (κ2) is 8.78. The third-order valence-electron chi connectivity index (χ3n) is 4.91. The number of hydrogen-bond donors (Lipinski definition) is 1. The maximum Gasteiger partial charge on any atom is 0.341 e. The largest absolute Gasteiger partial charge is 0.462 e. The second-order valence-corrected chi connectivity index (χ2v) is 8.52. The van der Waals surface area contributed by atoms with Crippen LogP contribution in [0.3, 0.4) is 0 Å². The van der Waals surface area contributed by atoms with Crippen LogP contribution in [0.2, 0.25) is 0 Å². The molecule has 7 heteroatoms. The fraction of sp³-hybridized carbons (Fsp3) is 0.409. The van der Waals surface area contributed by atoms with Gasteiger partial charge >= 0.3 is 11.9 Å². The average molecular weight is 416 g/mol. The summed E-state index contributed by atoms with van der Waals surface area (Å²) in [7, 11) is 0. The van der Waals surface area contributed by atoms with Gasteiger partial charge in [0.05, 0.1) is 12.5 Å². The number of rotatable bonds is 7. The molecule has 0 spiro atoms. The zero-order valence-electron chi connectivity index (χ0n) is 17.0. The van der Waals surface area contributed by atoms with Crippen LogP contribution >= 0.6 is 11.3 Å². The van der Waals surface area contributed by atoms with Crippen LogP contribution in [0.1, 0.15) is 41.1 Å². The van der Waals surface area contributed by atoms with E-state index in [-0.39, 0.29) is 25.1 Å². The molecule has 1 aromatic carbocycles. The third kappa shape index (κ3) is 4.85. The summed E-state index contributed by atoms with van der Waals surface area (Å²) in [5.74, 6) is -1.10. The molecule has 1 N–H and O–H groups in total. The summed E-state index contributed by atoms with van der Waals surface area (Å²) in [4.78, 5) is 37.7. The van der Waals surface area contributed by atoms with E-state index in [0.717, 1.165) is 28.0 Å². The van der Waals surface area contributed by atoms with Crippen LogP contribution in [0.5, 0.6) is 0 Å². The normalized spacial score (nSPS) is 17.5. The van der Waals surface area contributed by atoms with E-state index >= 15 is 0 Å². The molecule has 1 aliphatic carbocycles. The first kappa shape index (κ1) is 21.0. The quantitative estimate of drug-likeness (QED) is 0.680. The summed E-state index contributed by atoms with van der Waals surface area (Å²) >= 11 is 1.30. The zero-order chi connectivity index (χ0) is 21.1. The third-order valence-corrected chi connectivity index (χ3v) is 5.94. The Balaban J connectivity index is 1.82. The maximum atomic E-state index is 12.7. The highest BCUT2D eigenvalue weighted by molar-refractivity contribution is 7.17. The highest BCUT2D eigenvalue weighted by atomic mass is 32.1. The van der Waals surface area contributed by atoms with Crippen LogP contribution in [0, 0.1) is 25.7 Å². The van der Waals surface area contributed by atoms with Gasteiger partial charge in [0.25, 0.3) is 5.91 Å². The molecule has 0 saturated heterocycles. The molecule has 1 saturated carbocycles. The highest BCUT2D eigenvalue weighted by Gasteiger charge is 2.40. The van der Waals surface area contributed by atoms with Crippen molar-refractivity contribution in [3.63, 3.8) is 0 Å².